The van der Waals surface area contributed by atoms with E-state index in [1.54, 1.807) is 0 Å². The summed E-state index contributed by atoms with van der Waals surface area (Å²) in [5, 5.41) is 5.06. The van der Waals surface area contributed by atoms with Gasteiger partial charge in [-0.1, -0.05) is 80.6 Å². The largest absolute Gasteiger partial charge is 0.307 e. The number of fused-ring (bicyclic) bond motifs is 8. The zero-order valence-electron chi connectivity index (χ0n) is 23.0. The van der Waals surface area contributed by atoms with Crippen molar-refractivity contribution in [3.63, 3.8) is 0 Å². The van der Waals surface area contributed by atoms with Crippen molar-refractivity contribution in [2.24, 2.45) is 0 Å². The Morgan fingerprint density at radius 3 is 2.22 bits per heavy atom. The maximum atomic E-state index is 4.96. The van der Waals surface area contributed by atoms with Crippen LogP contribution in [-0.2, 0) is 5.41 Å². The quantitative estimate of drug-likeness (QED) is 0.220. The fourth-order valence-corrected chi connectivity index (χ4v) is 7.17. The molecule has 1 aliphatic rings. The molecule has 0 unspecified atom stereocenters. The van der Waals surface area contributed by atoms with Crippen LogP contribution in [0.4, 0.5) is 0 Å². The van der Waals surface area contributed by atoms with Crippen molar-refractivity contribution in [2.75, 3.05) is 0 Å². The molecule has 6 aromatic carbocycles. The topological polar surface area (TPSA) is 22.8 Å². The molecule has 2 aromatic heterocycles. The summed E-state index contributed by atoms with van der Waals surface area (Å²) in [7, 11) is 0. The number of hydrogen-bond acceptors (Lipinski definition) is 1. The van der Waals surface area contributed by atoms with Crippen LogP contribution in [0, 0.1) is 0 Å². The van der Waals surface area contributed by atoms with E-state index in [2.05, 4.69) is 138 Å². The van der Waals surface area contributed by atoms with Crippen LogP contribution in [0.3, 0.4) is 0 Å². The predicted octanol–water partition coefficient (Wildman–Crippen LogP) is 9.58. The molecule has 8 aromatic rings. The van der Waals surface area contributed by atoms with Crippen molar-refractivity contribution in [3.05, 3.63) is 139 Å². The lowest BCUT2D eigenvalue weighted by Gasteiger charge is -2.21. The van der Waals surface area contributed by atoms with E-state index in [0.29, 0.717) is 0 Å². The fourth-order valence-electron chi connectivity index (χ4n) is 7.17. The highest BCUT2D eigenvalue weighted by Gasteiger charge is 2.35. The Labute approximate surface area is 237 Å². The predicted molar refractivity (Wildman–Crippen MR) is 170 cm³/mol. The van der Waals surface area contributed by atoms with Gasteiger partial charge in [-0.15, -0.1) is 0 Å². The molecule has 3 heteroatoms. The molecule has 0 aliphatic heterocycles. The van der Waals surface area contributed by atoms with Crippen LogP contribution < -0.4 is 0 Å². The van der Waals surface area contributed by atoms with Gasteiger partial charge in [-0.3, -0.25) is 4.57 Å². The highest BCUT2D eigenvalue weighted by Crippen LogP contribution is 2.50. The second-order valence-electron chi connectivity index (χ2n) is 11.7. The molecule has 3 nitrogen and oxygen atoms in total. The highest BCUT2D eigenvalue weighted by atomic mass is 15.1. The van der Waals surface area contributed by atoms with Gasteiger partial charge in [0.25, 0.3) is 0 Å². The third kappa shape index (κ3) is 3.01. The number of imidazole rings is 1. The van der Waals surface area contributed by atoms with Gasteiger partial charge in [-0.2, -0.15) is 0 Å². The minimum absolute atomic E-state index is 0.0301. The molecule has 0 amide bonds. The lowest BCUT2D eigenvalue weighted by atomic mass is 9.82. The van der Waals surface area contributed by atoms with Crippen LogP contribution in [0.1, 0.15) is 25.0 Å². The number of para-hydroxylation sites is 3. The summed E-state index contributed by atoms with van der Waals surface area (Å²) in [5.74, 6) is 0. The van der Waals surface area contributed by atoms with Crippen LogP contribution in [0.25, 0.3) is 66.1 Å². The number of benzene rings is 6. The molecule has 0 spiro atoms. The van der Waals surface area contributed by atoms with Gasteiger partial charge in [0.15, 0.2) is 0 Å². The van der Waals surface area contributed by atoms with Gasteiger partial charge in [-0.05, 0) is 87.6 Å². The standard InChI is InChI=1S/C38H27N3/c1-38(2)31-15-8-6-13-27(31)29-19-24-20-30-28-14-7-9-16-33(28)41(36(30)22-25(24)21-32(29)38)35-18-10-17-34-37(35)39-23-40(34)26-11-4-3-5-12-26/h3-23H,1-2H3. The SMILES string of the molecule is CC1(C)c2ccccc2-c2cc3cc4c5ccccc5n(-c5cccc6c5ncn6-c5ccccc5)c4cc3cc21. The smallest absolute Gasteiger partial charge is 0.113 e. The van der Waals surface area contributed by atoms with Gasteiger partial charge in [0.05, 0.1) is 22.2 Å². The second-order valence-corrected chi connectivity index (χ2v) is 11.7. The lowest BCUT2D eigenvalue weighted by Crippen LogP contribution is -2.14. The number of nitrogens with zero attached hydrogens (tertiary/aromatic N) is 3. The number of rotatable bonds is 2. The molecule has 1 aliphatic carbocycles. The van der Waals surface area contributed by atoms with Crippen molar-refractivity contribution in [3.8, 4) is 22.5 Å². The molecule has 9 rings (SSSR count). The van der Waals surface area contributed by atoms with Gasteiger partial charge >= 0.3 is 0 Å². The van der Waals surface area contributed by atoms with E-state index in [-0.39, 0.29) is 5.41 Å². The Bertz CT molecular complexity index is 2330. The van der Waals surface area contributed by atoms with E-state index in [0.717, 1.165) is 22.4 Å². The van der Waals surface area contributed by atoms with E-state index in [1.807, 2.05) is 12.4 Å². The monoisotopic (exact) mass is 525 g/mol. The molecular weight excluding hydrogens is 498 g/mol. The molecular formula is C38H27N3. The molecule has 0 bridgehead atoms. The van der Waals surface area contributed by atoms with Crippen LogP contribution in [0.2, 0.25) is 0 Å². The molecule has 0 radical (unpaired) electrons. The molecule has 0 saturated carbocycles. The molecule has 0 N–H and O–H groups in total. The zero-order valence-corrected chi connectivity index (χ0v) is 23.0. The van der Waals surface area contributed by atoms with Crippen LogP contribution >= 0.6 is 0 Å². The third-order valence-electron chi connectivity index (χ3n) is 9.16. The van der Waals surface area contributed by atoms with Crippen LogP contribution in [-0.4, -0.2) is 14.1 Å². The first-order valence-corrected chi connectivity index (χ1v) is 14.2. The van der Waals surface area contributed by atoms with Crippen molar-refractivity contribution in [1.82, 2.24) is 14.1 Å². The fraction of sp³-hybridized carbons (Fsp3) is 0.0789. The molecule has 2 heterocycles. The third-order valence-corrected chi connectivity index (χ3v) is 9.16. The van der Waals surface area contributed by atoms with Gasteiger partial charge in [0.2, 0.25) is 0 Å². The Balaban J connectivity index is 1.35. The summed E-state index contributed by atoms with van der Waals surface area (Å²) in [4.78, 5) is 4.96. The lowest BCUT2D eigenvalue weighted by molar-refractivity contribution is 0.661. The van der Waals surface area contributed by atoms with Crippen molar-refractivity contribution in [1.29, 1.82) is 0 Å². The first-order chi connectivity index (χ1) is 20.1. The van der Waals surface area contributed by atoms with E-state index in [1.165, 1.54) is 54.8 Å². The Morgan fingerprint density at radius 2 is 1.32 bits per heavy atom. The molecule has 0 atom stereocenters. The van der Waals surface area contributed by atoms with Crippen molar-refractivity contribution >= 4 is 43.6 Å². The molecule has 41 heavy (non-hydrogen) atoms. The Hall–Kier alpha value is -5.15. The first kappa shape index (κ1) is 22.6. The summed E-state index contributed by atoms with van der Waals surface area (Å²) in [6.45, 7) is 4.70. The average molecular weight is 526 g/mol. The maximum Gasteiger partial charge on any atom is 0.113 e. The summed E-state index contributed by atoms with van der Waals surface area (Å²) >= 11 is 0. The Morgan fingerprint density at radius 1 is 0.561 bits per heavy atom. The minimum Gasteiger partial charge on any atom is -0.307 e. The van der Waals surface area contributed by atoms with E-state index in [9.17, 15) is 0 Å². The van der Waals surface area contributed by atoms with Crippen molar-refractivity contribution in [2.45, 2.75) is 19.3 Å². The van der Waals surface area contributed by atoms with E-state index in [4.69, 9.17) is 4.98 Å². The summed E-state index contributed by atoms with van der Waals surface area (Å²) < 4.78 is 4.58. The average Bonchev–Trinajstić information content (AvgIpc) is 3.65. The summed E-state index contributed by atoms with van der Waals surface area (Å²) in [5.41, 5.74) is 12.2. The van der Waals surface area contributed by atoms with Crippen LogP contribution in [0.15, 0.2) is 128 Å². The van der Waals surface area contributed by atoms with Gasteiger partial charge in [-0.25, -0.2) is 4.98 Å². The van der Waals surface area contributed by atoms with E-state index < -0.39 is 0 Å². The number of hydrogen-bond donors (Lipinski definition) is 0. The normalized spacial score (nSPS) is 13.8. The van der Waals surface area contributed by atoms with Gasteiger partial charge in [0.1, 0.15) is 11.8 Å². The molecule has 0 saturated heterocycles. The summed E-state index contributed by atoms with van der Waals surface area (Å²) in [6, 6.07) is 44.2. The second kappa shape index (κ2) is 7.96. The van der Waals surface area contributed by atoms with Crippen LogP contribution in [0.5, 0.6) is 0 Å². The van der Waals surface area contributed by atoms with E-state index >= 15 is 0 Å². The summed E-state index contributed by atoms with van der Waals surface area (Å²) in [6.07, 6.45) is 1.94. The number of aromatic nitrogens is 3. The maximum absolute atomic E-state index is 4.96. The minimum atomic E-state index is -0.0301. The Kier molecular flexibility index (Phi) is 4.39. The first-order valence-electron chi connectivity index (χ1n) is 14.2. The van der Waals surface area contributed by atoms with Crippen molar-refractivity contribution < 1.29 is 0 Å². The zero-order chi connectivity index (χ0) is 27.3. The molecule has 0 fully saturated rings. The molecule has 194 valence electrons. The van der Waals surface area contributed by atoms with Gasteiger partial charge < -0.3 is 4.57 Å². The van der Waals surface area contributed by atoms with Gasteiger partial charge in [0, 0.05) is 21.9 Å². The highest BCUT2D eigenvalue weighted by molar-refractivity contribution is 6.15.